The summed E-state index contributed by atoms with van der Waals surface area (Å²) in [6.45, 7) is 4.81. The molecule has 0 spiro atoms. The number of hydrogen-bond acceptors (Lipinski definition) is 4. The average molecular weight is 278 g/mol. The normalized spacial score (nSPS) is 17.2. The number of phenols is 1. The molecule has 0 aliphatic carbocycles. The first-order chi connectivity index (χ1) is 9.58. The lowest BCUT2D eigenvalue weighted by Gasteiger charge is -2.28. The average Bonchev–Trinajstić information content (AvgIpc) is 2.45. The summed E-state index contributed by atoms with van der Waals surface area (Å²) in [5, 5.41) is 26.4. The molecule has 5 heteroatoms. The molecule has 5 nitrogen and oxygen atoms in total. The van der Waals surface area contributed by atoms with Crippen molar-refractivity contribution in [1.29, 1.82) is 0 Å². The van der Waals surface area contributed by atoms with Crippen LogP contribution >= 0.6 is 0 Å². The highest BCUT2D eigenvalue weighted by Gasteiger charge is 2.27. The van der Waals surface area contributed by atoms with Crippen LogP contribution in [0.4, 0.5) is 5.69 Å². The molecule has 2 unspecified atom stereocenters. The number of aliphatic hydroxyl groups is 1. The number of aromatic hydroxyl groups is 1. The molecule has 20 heavy (non-hydrogen) atoms. The van der Waals surface area contributed by atoms with Crippen molar-refractivity contribution in [2.45, 2.75) is 45.3 Å². The summed E-state index contributed by atoms with van der Waals surface area (Å²) in [5.41, 5.74) is 2.07. The predicted molar refractivity (Wildman–Crippen MR) is 77.8 cm³/mol. The van der Waals surface area contributed by atoms with Gasteiger partial charge in [0.2, 0.25) is 5.91 Å². The molecular formula is C15H22N2O3. The van der Waals surface area contributed by atoms with E-state index < -0.39 is 6.10 Å². The van der Waals surface area contributed by atoms with E-state index in [1.807, 2.05) is 13.8 Å². The molecule has 1 aliphatic rings. The fraction of sp³-hybridized carbons (Fsp3) is 0.533. The third-order valence-corrected chi connectivity index (χ3v) is 3.80. The van der Waals surface area contributed by atoms with Gasteiger partial charge in [-0.15, -0.1) is 0 Å². The summed E-state index contributed by atoms with van der Waals surface area (Å²) in [4.78, 5) is 11.5. The minimum atomic E-state index is -0.649. The van der Waals surface area contributed by atoms with Crippen molar-refractivity contribution in [2.24, 2.45) is 0 Å². The second kappa shape index (κ2) is 6.24. The number of rotatable bonds is 5. The quantitative estimate of drug-likeness (QED) is 0.618. The monoisotopic (exact) mass is 278 g/mol. The van der Waals surface area contributed by atoms with Gasteiger partial charge < -0.3 is 20.8 Å². The van der Waals surface area contributed by atoms with E-state index in [2.05, 4.69) is 10.6 Å². The van der Waals surface area contributed by atoms with Crippen LogP contribution in [0.5, 0.6) is 5.75 Å². The Balaban J connectivity index is 2.37. The van der Waals surface area contributed by atoms with Crippen molar-refractivity contribution < 1.29 is 15.0 Å². The van der Waals surface area contributed by atoms with Crippen molar-refractivity contribution >= 4 is 11.6 Å². The van der Waals surface area contributed by atoms with Crippen LogP contribution in [0.3, 0.4) is 0 Å². The number of anilines is 1. The van der Waals surface area contributed by atoms with Crippen LogP contribution in [0.1, 0.15) is 43.9 Å². The van der Waals surface area contributed by atoms with E-state index in [4.69, 9.17) is 0 Å². The molecule has 2 atom stereocenters. The van der Waals surface area contributed by atoms with Gasteiger partial charge in [0, 0.05) is 12.5 Å². The maximum atomic E-state index is 11.5. The number of amides is 1. The van der Waals surface area contributed by atoms with Crippen molar-refractivity contribution in [3.63, 3.8) is 0 Å². The summed E-state index contributed by atoms with van der Waals surface area (Å²) in [7, 11) is 0. The summed E-state index contributed by atoms with van der Waals surface area (Å²) in [6.07, 6.45) is 1.08. The first-order valence-electron chi connectivity index (χ1n) is 7.14. The van der Waals surface area contributed by atoms with Gasteiger partial charge in [-0.3, -0.25) is 4.79 Å². The van der Waals surface area contributed by atoms with Crippen LogP contribution in [0.2, 0.25) is 0 Å². The number of aliphatic hydroxyl groups excluding tert-OH is 1. The first-order valence-corrected chi connectivity index (χ1v) is 7.14. The van der Waals surface area contributed by atoms with Crippen LogP contribution in [-0.4, -0.2) is 28.7 Å². The van der Waals surface area contributed by atoms with E-state index in [1.54, 1.807) is 6.07 Å². The molecule has 1 heterocycles. The van der Waals surface area contributed by atoms with Crippen LogP contribution < -0.4 is 10.6 Å². The smallest absolute Gasteiger partial charge is 0.224 e. The molecule has 4 N–H and O–H groups in total. The third kappa shape index (κ3) is 2.78. The highest BCUT2D eigenvalue weighted by molar-refractivity contribution is 5.96. The maximum absolute atomic E-state index is 11.5. The number of phenolic OH excluding ortho intramolecular Hbond substituents is 1. The van der Waals surface area contributed by atoms with Crippen molar-refractivity contribution in [3.8, 4) is 5.75 Å². The molecule has 0 saturated heterocycles. The van der Waals surface area contributed by atoms with Crippen LogP contribution in [0.15, 0.2) is 12.1 Å². The highest BCUT2D eigenvalue weighted by atomic mass is 16.3. The van der Waals surface area contributed by atoms with Gasteiger partial charge in [0.15, 0.2) is 0 Å². The SMILES string of the molecule is CCNC(CC)C(O)c1ccc(O)c2c1CCC(=O)N2. The Kier molecular flexibility index (Phi) is 4.62. The Bertz CT molecular complexity index is 502. The van der Waals surface area contributed by atoms with Crippen LogP contribution in [-0.2, 0) is 11.2 Å². The molecule has 1 amide bonds. The van der Waals surface area contributed by atoms with Gasteiger partial charge in [-0.2, -0.15) is 0 Å². The van der Waals surface area contributed by atoms with E-state index in [-0.39, 0.29) is 17.7 Å². The van der Waals surface area contributed by atoms with E-state index in [9.17, 15) is 15.0 Å². The number of benzene rings is 1. The Hall–Kier alpha value is -1.59. The molecule has 0 bridgehead atoms. The van der Waals surface area contributed by atoms with Crippen LogP contribution in [0, 0.1) is 0 Å². The van der Waals surface area contributed by atoms with E-state index in [0.29, 0.717) is 18.5 Å². The van der Waals surface area contributed by atoms with Gasteiger partial charge >= 0.3 is 0 Å². The van der Waals surface area contributed by atoms with E-state index in [0.717, 1.165) is 24.1 Å². The van der Waals surface area contributed by atoms with Crippen molar-refractivity contribution in [2.75, 3.05) is 11.9 Å². The van der Waals surface area contributed by atoms with E-state index >= 15 is 0 Å². The fourth-order valence-corrected chi connectivity index (χ4v) is 2.74. The number of carbonyl (C=O) groups excluding carboxylic acids is 1. The number of carbonyl (C=O) groups is 1. The minimum Gasteiger partial charge on any atom is -0.506 e. The van der Waals surface area contributed by atoms with Crippen molar-refractivity contribution in [1.82, 2.24) is 5.32 Å². The molecule has 110 valence electrons. The zero-order valence-corrected chi connectivity index (χ0v) is 11.9. The second-order valence-electron chi connectivity index (χ2n) is 5.09. The Morgan fingerprint density at radius 2 is 2.10 bits per heavy atom. The predicted octanol–water partition coefficient (Wildman–Crippen LogP) is 1.70. The lowest BCUT2D eigenvalue weighted by molar-refractivity contribution is -0.116. The summed E-state index contributed by atoms with van der Waals surface area (Å²) >= 11 is 0. The molecule has 0 saturated carbocycles. The van der Waals surface area contributed by atoms with Gasteiger partial charge in [0.25, 0.3) is 0 Å². The van der Waals surface area contributed by atoms with Crippen molar-refractivity contribution in [3.05, 3.63) is 23.3 Å². The molecule has 2 rings (SSSR count). The molecule has 0 radical (unpaired) electrons. The van der Waals surface area contributed by atoms with Gasteiger partial charge in [-0.1, -0.05) is 19.9 Å². The molecule has 0 fully saturated rings. The fourth-order valence-electron chi connectivity index (χ4n) is 2.74. The van der Waals surface area contributed by atoms with E-state index in [1.165, 1.54) is 6.07 Å². The molecule has 1 aromatic carbocycles. The molecule has 0 aromatic heterocycles. The Morgan fingerprint density at radius 1 is 1.35 bits per heavy atom. The molecule has 1 aliphatic heterocycles. The van der Waals surface area contributed by atoms with Gasteiger partial charge in [-0.25, -0.2) is 0 Å². The summed E-state index contributed by atoms with van der Waals surface area (Å²) in [5.74, 6) is -0.0429. The number of hydrogen-bond donors (Lipinski definition) is 4. The van der Waals surface area contributed by atoms with Gasteiger partial charge in [-0.05, 0) is 36.6 Å². The first kappa shape index (κ1) is 14.8. The lowest BCUT2D eigenvalue weighted by Crippen LogP contribution is -2.35. The summed E-state index contributed by atoms with van der Waals surface area (Å²) in [6, 6.07) is 3.24. The van der Waals surface area contributed by atoms with Gasteiger partial charge in [0.05, 0.1) is 11.8 Å². The van der Waals surface area contributed by atoms with Gasteiger partial charge in [0.1, 0.15) is 5.75 Å². The second-order valence-corrected chi connectivity index (χ2v) is 5.09. The number of fused-ring (bicyclic) bond motifs is 1. The standard InChI is InChI=1S/C15H22N2O3/c1-3-11(16-4-2)15(20)10-5-7-12(18)14-9(10)6-8-13(19)17-14/h5,7,11,15-16,18,20H,3-4,6,8H2,1-2H3,(H,17,19). The minimum absolute atomic E-state index is 0.0359. The Morgan fingerprint density at radius 3 is 2.75 bits per heavy atom. The lowest BCUT2D eigenvalue weighted by atomic mass is 9.90. The number of nitrogens with one attached hydrogen (secondary N) is 2. The molecule has 1 aromatic rings. The summed E-state index contributed by atoms with van der Waals surface area (Å²) < 4.78 is 0. The zero-order chi connectivity index (χ0) is 14.7. The number of likely N-dealkylation sites (N-methyl/N-ethyl adjacent to an activating group) is 1. The highest BCUT2D eigenvalue weighted by Crippen LogP contribution is 2.37. The maximum Gasteiger partial charge on any atom is 0.224 e. The largest absolute Gasteiger partial charge is 0.506 e. The topological polar surface area (TPSA) is 81.6 Å². The Labute approximate surface area is 119 Å². The third-order valence-electron chi connectivity index (χ3n) is 3.80. The van der Waals surface area contributed by atoms with Crippen LogP contribution in [0.25, 0.3) is 0 Å². The molecular weight excluding hydrogens is 256 g/mol. The zero-order valence-electron chi connectivity index (χ0n) is 11.9.